The molecule has 1 atom stereocenters. The normalized spacial score (nSPS) is 23.6. The average Bonchev–Trinajstić information content (AvgIpc) is 2.52. The van der Waals surface area contributed by atoms with Crippen LogP contribution in [-0.2, 0) is 0 Å². The summed E-state index contributed by atoms with van der Waals surface area (Å²) in [5.41, 5.74) is 0. The van der Waals surface area contributed by atoms with E-state index in [-0.39, 0.29) is 6.54 Å². The third-order valence-electron chi connectivity index (χ3n) is 2.63. The highest BCUT2D eigenvalue weighted by atomic mass is 19.3. The maximum absolute atomic E-state index is 12.1. The molecule has 0 radical (unpaired) electrons. The maximum Gasteiger partial charge on any atom is 0.251 e. The van der Waals surface area contributed by atoms with Gasteiger partial charge in [-0.15, -0.1) is 0 Å². The summed E-state index contributed by atoms with van der Waals surface area (Å²) in [5, 5.41) is 3.34. The first kappa shape index (κ1) is 11.9. The SMILES string of the molecule is CCCNCC1CCN(CC(F)F)C1. The highest BCUT2D eigenvalue weighted by Crippen LogP contribution is 2.16. The molecule has 84 valence electrons. The Bertz CT molecular complexity index is 153. The summed E-state index contributed by atoms with van der Waals surface area (Å²) in [6.45, 7) is 5.76. The topological polar surface area (TPSA) is 15.3 Å². The van der Waals surface area contributed by atoms with Crippen LogP contribution in [0.1, 0.15) is 19.8 Å². The van der Waals surface area contributed by atoms with Crippen molar-refractivity contribution in [3.05, 3.63) is 0 Å². The molecule has 0 aliphatic carbocycles. The van der Waals surface area contributed by atoms with E-state index in [1.165, 1.54) is 0 Å². The van der Waals surface area contributed by atoms with Gasteiger partial charge in [-0.25, -0.2) is 8.78 Å². The van der Waals surface area contributed by atoms with Gasteiger partial charge in [0.2, 0.25) is 0 Å². The average molecular weight is 206 g/mol. The zero-order valence-electron chi connectivity index (χ0n) is 8.81. The molecule has 0 aromatic rings. The minimum atomic E-state index is -2.18. The molecule has 1 fully saturated rings. The lowest BCUT2D eigenvalue weighted by atomic mass is 10.1. The zero-order valence-corrected chi connectivity index (χ0v) is 8.81. The molecule has 1 unspecified atom stereocenters. The van der Waals surface area contributed by atoms with Crippen molar-refractivity contribution in [3.8, 4) is 0 Å². The highest BCUT2D eigenvalue weighted by molar-refractivity contribution is 4.77. The predicted octanol–water partition coefficient (Wildman–Crippen LogP) is 1.57. The van der Waals surface area contributed by atoms with Crippen molar-refractivity contribution in [2.24, 2.45) is 5.92 Å². The highest BCUT2D eigenvalue weighted by Gasteiger charge is 2.23. The smallest absolute Gasteiger partial charge is 0.251 e. The van der Waals surface area contributed by atoms with Gasteiger partial charge < -0.3 is 5.32 Å². The standard InChI is InChI=1S/C10H20F2N2/c1-2-4-13-6-9-3-5-14(7-9)8-10(11)12/h9-10,13H,2-8H2,1H3. The van der Waals surface area contributed by atoms with Gasteiger partial charge in [0.25, 0.3) is 6.43 Å². The van der Waals surface area contributed by atoms with Crippen LogP contribution in [0, 0.1) is 5.92 Å². The second-order valence-electron chi connectivity index (χ2n) is 4.01. The third kappa shape index (κ3) is 4.33. The van der Waals surface area contributed by atoms with Crippen LogP contribution in [0.3, 0.4) is 0 Å². The Morgan fingerprint density at radius 1 is 1.50 bits per heavy atom. The largest absolute Gasteiger partial charge is 0.316 e. The molecule has 1 rings (SSSR count). The lowest BCUT2D eigenvalue weighted by Crippen LogP contribution is -2.29. The van der Waals surface area contributed by atoms with E-state index in [4.69, 9.17) is 0 Å². The van der Waals surface area contributed by atoms with Crippen LogP contribution < -0.4 is 5.32 Å². The number of nitrogens with one attached hydrogen (secondary N) is 1. The van der Waals surface area contributed by atoms with Gasteiger partial charge in [0, 0.05) is 6.54 Å². The molecule has 0 bridgehead atoms. The van der Waals surface area contributed by atoms with Crippen molar-refractivity contribution in [2.45, 2.75) is 26.2 Å². The molecule has 1 aliphatic heterocycles. The second-order valence-corrected chi connectivity index (χ2v) is 4.01. The van der Waals surface area contributed by atoms with Gasteiger partial charge in [0.1, 0.15) is 0 Å². The Morgan fingerprint density at radius 3 is 2.93 bits per heavy atom. The Labute approximate surface area is 84.7 Å². The van der Waals surface area contributed by atoms with Crippen LogP contribution in [0.25, 0.3) is 0 Å². The second kappa shape index (κ2) is 6.30. The Hall–Kier alpha value is -0.220. The maximum atomic E-state index is 12.1. The van der Waals surface area contributed by atoms with E-state index < -0.39 is 6.43 Å². The van der Waals surface area contributed by atoms with E-state index in [9.17, 15) is 8.78 Å². The molecule has 1 N–H and O–H groups in total. The first-order valence-corrected chi connectivity index (χ1v) is 5.43. The monoisotopic (exact) mass is 206 g/mol. The van der Waals surface area contributed by atoms with Crippen molar-refractivity contribution in [3.63, 3.8) is 0 Å². The van der Waals surface area contributed by atoms with Gasteiger partial charge in [-0.2, -0.15) is 0 Å². The van der Waals surface area contributed by atoms with Gasteiger partial charge in [-0.1, -0.05) is 6.92 Å². The van der Waals surface area contributed by atoms with Crippen molar-refractivity contribution >= 4 is 0 Å². The zero-order chi connectivity index (χ0) is 10.4. The number of likely N-dealkylation sites (tertiary alicyclic amines) is 1. The first-order valence-electron chi connectivity index (χ1n) is 5.43. The fraction of sp³-hybridized carbons (Fsp3) is 1.00. The Balaban J connectivity index is 2.08. The number of halogens is 2. The van der Waals surface area contributed by atoms with Crippen molar-refractivity contribution < 1.29 is 8.78 Å². The predicted molar refractivity (Wildman–Crippen MR) is 53.7 cm³/mol. The molecule has 2 nitrogen and oxygen atoms in total. The van der Waals surface area contributed by atoms with E-state index in [0.717, 1.165) is 39.0 Å². The summed E-state index contributed by atoms with van der Waals surface area (Å²) in [5.74, 6) is 0.570. The van der Waals surface area contributed by atoms with E-state index in [1.807, 2.05) is 4.90 Å². The van der Waals surface area contributed by atoms with Gasteiger partial charge in [0.05, 0.1) is 6.54 Å². The van der Waals surface area contributed by atoms with Crippen LogP contribution in [0.2, 0.25) is 0 Å². The number of nitrogens with zero attached hydrogens (tertiary/aromatic N) is 1. The van der Waals surface area contributed by atoms with Crippen LogP contribution in [0.4, 0.5) is 8.78 Å². The quantitative estimate of drug-likeness (QED) is 0.664. The lowest BCUT2D eigenvalue weighted by molar-refractivity contribution is 0.0979. The van der Waals surface area contributed by atoms with Crippen LogP contribution in [0.5, 0.6) is 0 Å². The molecular formula is C10H20F2N2. The molecule has 14 heavy (non-hydrogen) atoms. The molecule has 0 spiro atoms. The fourth-order valence-electron chi connectivity index (χ4n) is 1.92. The Kier molecular flexibility index (Phi) is 5.33. The number of rotatable bonds is 6. The van der Waals surface area contributed by atoms with Gasteiger partial charge in [-0.3, -0.25) is 4.90 Å². The van der Waals surface area contributed by atoms with E-state index >= 15 is 0 Å². The van der Waals surface area contributed by atoms with Gasteiger partial charge in [-0.05, 0) is 38.4 Å². The van der Waals surface area contributed by atoms with Crippen LogP contribution in [-0.4, -0.2) is 44.0 Å². The third-order valence-corrected chi connectivity index (χ3v) is 2.63. The molecule has 0 saturated carbocycles. The number of hydrogen-bond donors (Lipinski definition) is 1. The molecule has 0 aromatic carbocycles. The molecular weight excluding hydrogens is 186 g/mol. The summed E-state index contributed by atoms with van der Waals surface area (Å²) in [6, 6.07) is 0. The van der Waals surface area contributed by atoms with Gasteiger partial charge in [0.15, 0.2) is 0 Å². The summed E-state index contributed by atoms with van der Waals surface area (Å²) < 4.78 is 24.1. The Morgan fingerprint density at radius 2 is 2.29 bits per heavy atom. The molecule has 1 saturated heterocycles. The molecule has 1 heterocycles. The van der Waals surface area contributed by atoms with E-state index in [2.05, 4.69) is 12.2 Å². The molecule has 0 amide bonds. The lowest BCUT2D eigenvalue weighted by Gasteiger charge is -2.15. The summed E-state index contributed by atoms with van der Waals surface area (Å²) in [6.07, 6.45) is 0.00836. The molecule has 1 aliphatic rings. The van der Waals surface area contributed by atoms with Crippen LogP contribution in [0.15, 0.2) is 0 Å². The van der Waals surface area contributed by atoms with Gasteiger partial charge >= 0.3 is 0 Å². The summed E-state index contributed by atoms with van der Waals surface area (Å²) >= 11 is 0. The van der Waals surface area contributed by atoms with Crippen molar-refractivity contribution in [2.75, 3.05) is 32.7 Å². The fourth-order valence-corrected chi connectivity index (χ4v) is 1.92. The number of hydrogen-bond acceptors (Lipinski definition) is 2. The summed E-state index contributed by atoms with van der Waals surface area (Å²) in [7, 11) is 0. The van der Waals surface area contributed by atoms with Crippen molar-refractivity contribution in [1.29, 1.82) is 0 Å². The minimum Gasteiger partial charge on any atom is -0.316 e. The summed E-state index contributed by atoms with van der Waals surface area (Å²) in [4.78, 5) is 1.86. The number of alkyl halides is 2. The minimum absolute atomic E-state index is 0.0513. The molecule has 4 heteroatoms. The molecule has 0 aromatic heterocycles. The van der Waals surface area contributed by atoms with E-state index in [1.54, 1.807) is 0 Å². The van der Waals surface area contributed by atoms with Crippen molar-refractivity contribution in [1.82, 2.24) is 10.2 Å². The van der Waals surface area contributed by atoms with Crippen LogP contribution >= 0.6 is 0 Å². The van der Waals surface area contributed by atoms with E-state index in [0.29, 0.717) is 5.92 Å². The first-order chi connectivity index (χ1) is 6.72.